The molecule has 30 heavy (non-hydrogen) atoms. The summed E-state index contributed by atoms with van der Waals surface area (Å²) < 4.78 is 26.0. The molecule has 1 saturated heterocycles. The first-order chi connectivity index (χ1) is 14.6. The number of aryl methyl sites for hydroxylation is 1. The minimum atomic E-state index is -0.383. The number of halogens is 1. The standard InChI is InChI=1S/C22H24FN3O3S/c1-16-5-2-3-7-18(16)29-15-20(27)26(10-9-25-11-13-28-14-12-25)22-24-21-17(23)6-4-8-19(21)30-22/h2-8H,9-15H2,1H3. The Labute approximate surface area is 178 Å². The lowest BCUT2D eigenvalue weighted by molar-refractivity contribution is -0.120. The molecule has 8 heteroatoms. The van der Waals surface area contributed by atoms with Gasteiger partial charge in [-0.2, -0.15) is 0 Å². The summed E-state index contributed by atoms with van der Waals surface area (Å²) in [6, 6.07) is 12.4. The largest absolute Gasteiger partial charge is 0.483 e. The highest BCUT2D eigenvalue weighted by molar-refractivity contribution is 7.22. The maximum Gasteiger partial charge on any atom is 0.266 e. The number of hydrogen-bond donors (Lipinski definition) is 0. The normalized spacial score (nSPS) is 14.7. The van der Waals surface area contributed by atoms with Crippen molar-refractivity contribution in [2.75, 3.05) is 50.9 Å². The molecule has 158 valence electrons. The molecular formula is C22H24FN3O3S. The van der Waals surface area contributed by atoms with Crippen LogP contribution in [0.15, 0.2) is 42.5 Å². The fraction of sp³-hybridized carbons (Fsp3) is 0.364. The Hall–Kier alpha value is -2.55. The fourth-order valence-electron chi connectivity index (χ4n) is 3.35. The van der Waals surface area contributed by atoms with E-state index in [1.54, 1.807) is 11.0 Å². The summed E-state index contributed by atoms with van der Waals surface area (Å²) in [5.41, 5.74) is 1.26. The number of nitrogens with zero attached hydrogens (tertiary/aromatic N) is 3. The smallest absolute Gasteiger partial charge is 0.266 e. The Morgan fingerprint density at radius 3 is 2.80 bits per heavy atom. The molecule has 1 amide bonds. The Morgan fingerprint density at radius 1 is 1.23 bits per heavy atom. The van der Waals surface area contributed by atoms with Gasteiger partial charge in [-0.05, 0) is 30.7 Å². The predicted molar refractivity (Wildman–Crippen MR) is 116 cm³/mol. The van der Waals surface area contributed by atoms with E-state index < -0.39 is 0 Å². The van der Waals surface area contributed by atoms with Crippen LogP contribution in [0.4, 0.5) is 9.52 Å². The number of rotatable bonds is 7. The van der Waals surface area contributed by atoms with Crippen molar-refractivity contribution >= 4 is 32.6 Å². The molecule has 2 heterocycles. The van der Waals surface area contributed by atoms with Gasteiger partial charge in [0, 0.05) is 26.2 Å². The van der Waals surface area contributed by atoms with Gasteiger partial charge in [-0.15, -0.1) is 0 Å². The molecule has 1 aliphatic heterocycles. The van der Waals surface area contributed by atoms with Gasteiger partial charge in [0.15, 0.2) is 11.7 Å². The minimum Gasteiger partial charge on any atom is -0.483 e. The molecule has 0 saturated carbocycles. The molecule has 0 radical (unpaired) electrons. The van der Waals surface area contributed by atoms with Crippen LogP contribution in [-0.4, -0.2) is 61.8 Å². The van der Waals surface area contributed by atoms with Crippen molar-refractivity contribution in [3.8, 4) is 5.75 Å². The Balaban J connectivity index is 1.53. The molecule has 6 nitrogen and oxygen atoms in total. The Morgan fingerprint density at radius 2 is 2.03 bits per heavy atom. The molecule has 1 fully saturated rings. The van der Waals surface area contributed by atoms with Gasteiger partial charge in [0.1, 0.15) is 17.1 Å². The van der Waals surface area contributed by atoms with E-state index in [1.165, 1.54) is 17.4 Å². The summed E-state index contributed by atoms with van der Waals surface area (Å²) in [6.07, 6.45) is 0. The second-order valence-electron chi connectivity index (χ2n) is 7.14. The lowest BCUT2D eigenvalue weighted by atomic mass is 10.2. The van der Waals surface area contributed by atoms with Gasteiger partial charge >= 0.3 is 0 Å². The van der Waals surface area contributed by atoms with Gasteiger partial charge in [-0.3, -0.25) is 14.6 Å². The maximum absolute atomic E-state index is 14.1. The van der Waals surface area contributed by atoms with E-state index in [4.69, 9.17) is 9.47 Å². The van der Waals surface area contributed by atoms with E-state index in [9.17, 15) is 9.18 Å². The lowest BCUT2D eigenvalue weighted by Gasteiger charge is -2.29. The van der Waals surface area contributed by atoms with Crippen molar-refractivity contribution in [2.45, 2.75) is 6.92 Å². The molecule has 4 rings (SSSR count). The average Bonchev–Trinajstić information content (AvgIpc) is 3.19. The van der Waals surface area contributed by atoms with Crippen molar-refractivity contribution in [2.24, 2.45) is 0 Å². The number of carbonyl (C=O) groups excluding carboxylic acids is 1. The third kappa shape index (κ3) is 4.77. The molecule has 2 aromatic carbocycles. The number of anilines is 1. The first-order valence-corrected chi connectivity index (χ1v) is 10.8. The van der Waals surface area contributed by atoms with Crippen molar-refractivity contribution in [3.63, 3.8) is 0 Å². The Kier molecular flexibility index (Phi) is 6.56. The van der Waals surface area contributed by atoms with Crippen molar-refractivity contribution in [3.05, 3.63) is 53.8 Å². The summed E-state index contributed by atoms with van der Waals surface area (Å²) in [5.74, 6) is 0.0899. The van der Waals surface area contributed by atoms with E-state index in [0.717, 1.165) is 18.7 Å². The van der Waals surface area contributed by atoms with Crippen molar-refractivity contribution in [1.82, 2.24) is 9.88 Å². The molecule has 0 N–H and O–H groups in total. The van der Waals surface area contributed by atoms with E-state index in [2.05, 4.69) is 9.88 Å². The average molecular weight is 430 g/mol. The molecule has 3 aromatic rings. The van der Waals surface area contributed by atoms with Gasteiger partial charge < -0.3 is 9.47 Å². The van der Waals surface area contributed by atoms with E-state index >= 15 is 0 Å². The number of morpholine rings is 1. The molecule has 1 aliphatic rings. The quantitative estimate of drug-likeness (QED) is 0.576. The molecular weight excluding hydrogens is 405 g/mol. The van der Waals surface area contributed by atoms with Gasteiger partial charge in [-0.1, -0.05) is 35.6 Å². The summed E-state index contributed by atoms with van der Waals surface area (Å²) in [4.78, 5) is 21.4. The number of fused-ring (bicyclic) bond motifs is 1. The van der Waals surface area contributed by atoms with Crippen LogP contribution in [0.3, 0.4) is 0 Å². The number of carbonyl (C=O) groups is 1. The third-order valence-electron chi connectivity index (χ3n) is 5.08. The second kappa shape index (κ2) is 9.51. The van der Waals surface area contributed by atoms with Crippen LogP contribution >= 0.6 is 11.3 Å². The lowest BCUT2D eigenvalue weighted by Crippen LogP contribution is -2.44. The minimum absolute atomic E-state index is 0.105. The van der Waals surface area contributed by atoms with Crippen LogP contribution in [-0.2, 0) is 9.53 Å². The molecule has 0 atom stereocenters. The number of amides is 1. The number of benzene rings is 2. The maximum atomic E-state index is 14.1. The topological polar surface area (TPSA) is 54.9 Å². The number of thiazole rings is 1. The number of aromatic nitrogens is 1. The van der Waals surface area contributed by atoms with Crippen molar-refractivity contribution in [1.29, 1.82) is 0 Å². The van der Waals surface area contributed by atoms with Gasteiger partial charge in [-0.25, -0.2) is 9.37 Å². The zero-order valence-corrected chi connectivity index (χ0v) is 17.7. The highest BCUT2D eigenvalue weighted by Crippen LogP contribution is 2.30. The summed E-state index contributed by atoms with van der Waals surface area (Å²) in [6.45, 7) is 6.02. The summed E-state index contributed by atoms with van der Waals surface area (Å²) in [7, 11) is 0. The van der Waals surface area contributed by atoms with Crippen molar-refractivity contribution < 1.29 is 18.7 Å². The van der Waals surface area contributed by atoms with Crippen LogP contribution in [0.25, 0.3) is 10.2 Å². The third-order valence-corrected chi connectivity index (χ3v) is 6.12. The van der Waals surface area contributed by atoms with Crippen LogP contribution < -0.4 is 9.64 Å². The van der Waals surface area contributed by atoms with Crippen LogP contribution in [0.5, 0.6) is 5.75 Å². The van der Waals surface area contributed by atoms with Gasteiger partial charge in [0.05, 0.1) is 17.9 Å². The monoisotopic (exact) mass is 429 g/mol. The number of para-hydroxylation sites is 2. The summed E-state index contributed by atoms with van der Waals surface area (Å²) >= 11 is 1.31. The first-order valence-electron chi connectivity index (χ1n) is 9.96. The Bertz CT molecular complexity index is 1020. The molecule has 1 aromatic heterocycles. The molecule has 0 aliphatic carbocycles. The van der Waals surface area contributed by atoms with Gasteiger partial charge in [0.2, 0.25) is 0 Å². The van der Waals surface area contributed by atoms with Gasteiger partial charge in [0.25, 0.3) is 5.91 Å². The first kappa shape index (κ1) is 20.7. The highest BCUT2D eigenvalue weighted by Gasteiger charge is 2.23. The summed E-state index contributed by atoms with van der Waals surface area (Å²) in [5, 5.41) is 0.488. The highest BCUT2D eigenvalue weighted by atomic mass is 32.1. The van der Waals surface area contributed by atoms with Crippen LogP contribution in [0, 0.1) is 12.7 Å². The number of hydrogen-bond acceptors (Lipinski definition) is 6. The predicted octanol–water partition coefficient (Wildman–Crippen LogP) is 3.49. The molecule has 0 unspecified atom stereocenters. The molecule has 0 spiro atoms. The van der Waals surface area contributed by atoms with E-state index in [-0.39, 0.29) is 18.3 Å². The zero-order chi connectivity index (χ0) is 20.9. The fourth-order valence-corrected chi connectivity index (χ4v) is 4.37. The van der Waals surface area contributed by atoms with Crippen LogP contribution in [0.2, 0.25) is 0 Å². The van der Waals surface area contributed by atoms with E-state index in [0.29, 0.717) is 47.4 Å². The van der Waals surface area contributed by atoms with Crippen LogP contribution in [0.1, 0.15) is 5.56 Å². The molecule has 0 bridgehead atoms. The SMILES string of the molecule is Cc1ccccc1OCC(=O)N(CCN1CCOCC1)c1nc2c(F)cccc2s1. The number of ether oxygens (including phenoxy) is 2. The van der Waals surface area contributed by atoms with E-state index in [1.807, 2.05) is 37.3 Å². The second-order valence-corrected chi connectivity index (χ2v) is 8.15. The zero-order valence-electron chi connectivity index (χ0n) is 16.8.